The van der Waals surface area contributed by atoms with Crippen LogP contribution in [0.15, 0.2) is 85.3 Å². The SMILES string of the molecule is COc1cccc(F)c1-c1nccc(C(=O)Nc2ccc(-c3cnccc3C#N)cc2N2CCN(C(=O)CCOCCNc3ccc4c(c3)C(=O)N(C3CCC(=O)NC3=O)C4O)CC2)n1. The number of halogens is 1. The normalized spacial score (nSPS) is 17.0. The third-order valence-corrected chi connectivity index (χ3v) is 11.4. The van der Waals surface area contributed by atoms with Crippen molar-refractivity contribution in [2.75, 3.05) is 68.6 Å². The molecule has 0 saturated carbocycles. The quantitative estimate of drug-likeness (QED) is 0.0916. The van der Waals surface area contributed by atoms with Crippen LogP contribution in [0.5, 0.6) is 5.75 Å². The molecule has 65 heavy (non-hydrogen) atoms. The van der Waals surface area contributed by atoms with Crippen LogP contribution in [0.1, 0.15) is 57.5 Å². The molecule has 0 bridgehead atoms. The number of fused-ring (bicyclic) bond motifs is 1. The van der Waals surface area contributed by atoms with Gasteiger partial charge >= 0.3 is 0 Å². The van der Waals surface area contributed by atoms with Crippen LogP contribution in [0.2, 0.25) is 0 Å². The van der Waals surface area contributed by atoms with E-state index in [-0.39, 0.29) is 66.8 Å². The summed E-state index contributed by atoms with van der Waals surface area (Å²) >= 11 is 0. The summed E-state index contributed by atoms with van der Waals surface area (Å²) in [5.74, 6) is -2.60. The van der Waals surface area contributed by atoms with Gasteiger partial charge in [-0.15, -0.1) is 0 Å². The van der Waals surface area contributed by atoms with Crippen LogP contribution in [0, 0.1) is 17.1 Å². The second-order valence-corrected chi connectivity index (χ2v) is 15.3. The molecule has 0 aliphatic carbocycles. The van der Waals surface area contributed by atoms with Crippen molar-refractivity contribution in [2.24, 2.45) is 0 Å². The Kier molecular flexibility index (Phi) is 13.0. The summed E-state index contributed by atoms with van der Waals surface area (Å²) in [5.41, 5.74) is 4.08. The predicted octanol–water partition coefficient (Wildman–Crippen LogP) is 3.90. The molecule has 3 aromatic carbocycles. The fourth-order valence-electron chi connectivity index (χ4n) is 8.09. The van der Waals surface area contributed by atoms with E-state index in [4.69, 9.17) is 9.47 Å². The molecule has 5 heterocycles. The molecule has 0 spiro atoms. The largest absolute Gasteiger partial charge is 0.496 e. The van der Waals surface area contributed by atoms with Gasteiger partial charge in [0.2, 0.25) is 17.7 Å². The Hall–Kier alpha value is -7.82. The van der Waals surface area contributed by atoms with Crippen molar-refractivity contribution in [3.63, 3.8) is 0 Å². The maximum absolute atomic E-state index is 14.9. The second kappa shape index (κ2) is 19.3. The average Bonchev–Trinajstić information content (AvgIpc) is 3.57. The summed E-state index contributed by atoms with van der Waals surface area (Å²) in [6, 6.07) is 18.9. The summed E-state index contributed by atoms with van der Waals surface area (Å²) < 4.78 is 26.0. The van der Waals surface area contributed by atoms with Crippen molar-refractivity contribution in [3.8, 4) is 34.3 Å². The number of carbonyl (C=O) groups excluding carboxylic acids is 5. The fourth-order valence-corrected chi connectivity index (χ4v) is 8.09. The summed E-state index contributed by atoms with van der Waals surface area (Å²) in [6.45, 7) is 2.44. The van der Waals surface area contributed by atoms with Crippen molar-refractivity contribution in [1.29, 1.82) is 5.26 Å². The van der Waals surface area contributed by atoms with Crippen molar-refractivity contribution in [2.45, 2.75) is 31.5 Å². The topological polar surface area (TPSA) is 232 Å². The number of aliphatic hydroxyl groups excluding tert-OH is 1. The van der Waals surface area contributed by atoms with Crippen LogP contribution >= 0.6 is 0 Å². The highest BCUT2D eigenvalue weighted by Crippen LogP contribution is 2.37. The third kappa shape index (κ3) is 9.30. The lowest BCUT2D eigenvalue weighted by molar-refractivity contribution is -0.139. The van der Waals surface area contributed by atoms with Gasteiger partial charge in [-0.25, -0.2) is 14.4 Å². The summed E-state index contributed by atoms with van der Waals surface area (Å²) in [7, 11) is 1.40. The molecule has 3 aliphatic heterocycles. The van der Waals surface area contributed by atoms with Crippen molar-refractivity contribution >= 4 is 46.6 Å². The van der Waals surface area contributed by atoms with Crippen molar-refractivity contribution < 1.29 is 42.9 Å². The molecule has 2 fully saturated rings. The zero-order chi connectivity index (χ0) is 45.6. The van der Waals surface area contributed by atoms with Gasteiger partial charge in [-0.2, -0.15) is 5.26 Å². The number of aliphatic hydroxyl groups is 1. The number of nitrogens with one attached hydrogen (secondary N) is 3. The summed E-state index contributed by atoms with van der Waals surface area (Å²) in [5, 5.41) is 29.0. The molecule has 8 rings (SSSR count). The van der Waals surface area contributed by atoms with E-state index in [1.165, 1.54) is 37.7 Å². The Labute approximate surface area is 372 Å². The van der Waals surface area contributed by atoms with Crippen molar-refractivity contribution in [3.05, 3.63) is 114 Å². The van der Waals surface area contributed by atoms with E-state index in [2.05, 4.69) is 37.0 Å². The number of hydrogen-bond acceptors (Lipinski definition) is 14. The van der Waals surface area contributed by atoms with Gasteiger partial charge in [0.15, 0.2) is 12.1 Å². The highest BCUT2D eigenvalue weighted by molar-refractivity contribution is 6.06. The predicted molar refractivity (Wildman–Crippen MR) is 233 cm³/mol. The number of nitriles is 1. The maximum Gasteiger partial charge on any atom is 0.274 e. The lowest BCUT2D eigenvalue weighted by atomic mass is 10.0. The Bertz CT molecular complexity index is 2720. The minimum atomic E-state index is -1.31. The number of piperazine rings is 1. The molecule has 0 radical (unpaired) electrons. The van der Waals surface area contributed by atoms with E-state index in [0.717, 1.165) is 4.90 Å². The number of hydrogen-bond donors (Lipinski definition) is 4. The Morgan fingerprint density at radius 3 is 2.62 bits per heavy atom. The first-order valence-electron chi connectivity index (χ1n) is 20.8. The highest BCUT2D eigenvalue weighted by Gasteiger charge is 2.44. The number of amides is 5. The number of methoxy groups -OCH3 is 1. The molecule has 19 heteroatoms. The van der Waals surface area contributed by atoms with Gasteiger partial charge in [-0.1, -0.05) is 18.2 Å². The van der Waals surface area contributed by atoms with E-state index in [1.54, 1.807) is 53.6 Å². The Morgan fingerprint density at radius 2 is 1.83 bits per heavy atom. The van der Waals surface area contributed by atoms with Gasteiger partial charge in [0.1, 0.15) is 23.3 Å². The highest BCUT2D eigenvalue weighted by atomic mass is 19.1. The monoisotopic (exact) mass is 882 g/mol. The van der Waals surface area contributed by atoms with Crippen LogP contribution in [0.25, 0.3) is 22.5 Å². The molecule has 3 aliphatic rings. The average molecular weight is 883 g/mol. The van der Waals surface area contributed by atoms with Gasteiger partial charge in [-0.05, 0) is 60.5 Å². The number of nitrogens with zero attached hydrogens (tertiary/aromatic N) is 7. The molecule has 332 valence electrons. The molecule has 2 aromatic heterocycles. The molecular formula is C46H43FN10O8. The minimum absolute atomic E-state index is 0.0108. The number of ether oxygens (including phenoxy) is 2. The van der Waals surface area contributed by atoms with Gasteiger partial charge in [0.05, 0.1) is 55.3 Å². The Morgan fingerprint density at radius 1 is 1.00 bits per heavy atom. The van der Waals surface area contributed by atoms with E-state index < -0.39 is 41.7 Å². The lowest BCUT2D eigenvalue weighted by Gasteiger charge is -2.37. The van der Waals surface area contributed by atoms with Crippen LogP contribution < -0.4 is 25.6 Å². The van der Waals surface area contributed by atoms with E-state index in [0.29, 0.717) is 72.0 Å². The molecule has 18 nitrogen and oxygen atoms in total. The lowest BCUT2D eigenvalue weighted by Crippen LogP contribution is -2.53. The molecule has 2 saturated heterocycles. The first-order valence-corrected chi connectivity index (χ1v) is 20.8. The minimum Gasteiger partial charge on any atom is -0.496 e. The zero-order valence-corrected chi connectivity index (χ0v) is 35.1. The Balaban J connectivity index is 0.862. The number of piperidine rings is 1. The fraction of sp³-hybridized carbons (Fsp3) is 0.283. The summed E-state index contributed by atoms with van der Waals surface area (Å²) in [6.07, 6.45) is 3.55. The van der Waals surface area contributed by atoms with Gasteiger partial charge in [0, 0.05) is 80.1 Å². The van der Waals surface area contributed by atoms with E-state index >= 15 is 0 Å². The number of carbonyl (C=O) groups is 5. The molecule has 4 N–H and O–H groups in total. The van der Waals surface area contributed by atoms with Crippen LogP contribution in [0.4, 0.5) is 21.5 Å². The molecule has 2 atom stereocenters. The standard InChI is InChI=1S/C46H43FN10O8/c1-64-38-4-2-3-33(47)41(38)42-51-15-12-35(52-42)43(60)53-34-8-5-27(32-26-49-14-11-28(32)25-48)23-37(34)55-17-19-56(20-18-55)40(59)13-21-65-22-16-50-29-6-7-30-31(24-29)46(63)57(45(30)62)36-9-10-39(58)54-44(36)61/h2-8,11-12,14-15,23-24,26,36,45,50,62H,9-10,13,16-22H2,1H3,(H,53,60)(H,54,58,61). The van der Waals surface area contributed by atoms with Crippen LogP contribution in [-0.2, 0) is 19.1 Å². The van der Waals surface area contributed by atoms with Gasteiger partial charge < -0.3 is 35.0 Å². The molecule has 5 amide bonds. The number of benzene rings is 3. The number of anilines is 3. The van der Waals surface area contributed by atoms with Crippen molar-refractivity contribution in [1.82, 2.24) is 30.1 Å². The van der Waals surface area contributed by atoms with Gasteiger partial charge in [-0.3, -0.25) is 39.2 Å². The van der Waals surface area contributed by atoms with Crippen LogP contribution in [-0.4, -0.2) is 118 Å². The molecular weight excluding hydrogens is 840 g/mol. The third-order valence-electron chi connectivity index (χ3n) is 11.4. The zero-order valence-electron chi connectivity index (χ0n) is 35.1. The summed E-state index contributed by atoms with van der Waals surface area (Å²) in [4.78, 5) is 81.9. The molecule has 5 aromatic rings. The van der Waals surface area contributed by atoms with E-state index in [1.807, 2.05) is 11.0 Å². The number of imide groups is 1. The molecule has 2 unspecified atom stereocenters. The second-order valence-electron chi connectivity index (χ2n) is 15.3. The van der Waals surface area contributed by atoms with E-state index in [9.17, 15) is 38.7 Å². The van der Waals surface area contributed by atoms with Gasteiger partial charge in [0.25, 0.3) is 11.8 Å². The smallest absolute Gasteiger partial charge is 0.274 e. The number of aromatic nitrogens is 3. The number of pyridine rings is 1. The number of rotatable bonds is 14. The maximum atomic E-state index is 14.9. The first kappa shape index (κ1) is 43.8. The van der Waals surface area contributed by atoms with Crippen LogP contribution in [0.3, 0.4) is 0 Å². The first-order chi connectivity index (χ1) is 31.5.